The highest BCUT2D eigenvalue weighted by molar-refractivity contribution is 7.85. The number of rotatable bonds is 11. The minimum absolute atomic E-state index is 0.210. The first-order chi connectivity index (χ1) is 10.9. The molecule has 0 saturated carbocycles. The van der Waals surface area contributed by atoms with E-state index in [1.54, 1.807) is 0 Å². The summed E-state index contributed by atoms with van der Waals surface area (Å²) in [6.07, 6.45) is 4.34. The number of esters is 1. The Bertz CT molecular complexity index is 582. The van der Waals surface area contributed by atoms with Crippen molar-refractivity contribution in [2.45, 2.75) is 32.1 Å². The van der Waals surface area contributed by atoms with Gasteiger partial charge in [0.15, 0.2) is 0 Å². The Balaban J connectivity index is 2.21. The molecule has 0 aromatic heterocycles. The van der Waals surface area contributed by atoms with E-state index < -0.39 is 10.1 Å². The van der Waals surface area contributed by atoms with Crippen LogP contribution in [-0.4, -0.2) is 41.0 Å². The molecule has 0 amide bonds. The molecule has 6 nitrogen and oxygen atoms in total. The lowest BCUT2D eigenvalue weighted by atomic mass is 10.1. The summed E-state index contributed by atoms with van der Waals surface area (Å²) in [5, 5.41) is 0. The molecule has 130 valence electrons. The van der Waals surface area contributed by atoms with Crippen molar-refractivity contribution in [1.29, 1.82) is 0 Å². The van der Waals surface area contributed by atoms with E-state index in [9.17, 15) is 13.2 Å². The predicted octanol–water partition coefficient (Wildman–Crippen LogP) is 2.32. The van der Waals surface area contributed by atoms with Gasteiger partial charge in [0.05, 0.1) is 26.6 Å². The van der Waals surface area contributed by atoms with Gasteiger partial charge in [-0.05, 0) is 43.4 Å². The molecular weight excluding hydrogens is 320 g/mol. The molecule has 1 aromatic carbocycles. The Kier molecular flexibility index (Phi) is 8.65. The molecule has 0 atom stereocenters. The van der Waals surface area contributed by atoms with Crippen LogP contribution in [0.3, 0.4) is 0 Å². The molecule has 0 spiro atoms. The molecule has 1 rings (SSSR count). The summed E-state index contributed by atoms with van der Waals surface area (Å²) < 4.78 is 36.5. The first-order valence-corrected chi connectivity index (χ1v) is 9.35. The van der Waals surface area contributed by atoms with Gasteiger partial charge >= 0.3 is 5.97 Å². The van der Waals surface area contributed by atoms with Crippen LogP contribution in [0.15, 0.2) is 24.3 Å². The van der Waals surface area contributed by atoms with E-state index in [0.717, 1.165) is 30.4 Å². The number of ether oxygens (including phenoxy) is 2. The maximum absolute atomic E-state index is 11.1. The van der Waals surface area contributed by atoms with E-state index in [0.29, 0.717) is 25.9 Å². The minimum atomic E-state index is -3.34. The van der Waals surface area contributed by atoms with Crippen LogP contribution in [0.1, 0.15) is 31.2 Å². The Morgan fingerprint density at radius 2 is 1.87 bits per heavy atom. The van der Waals surface area contributed by atoms with Crippen LogP contribution in [-0.2, 0) is 30.3 Å². The second kappa shape index (κ2) is 10.2. The van der Waals surface area contributed by atoms with Crippen LogP contribution in [0, 0.1) is 0 Å². The average molecular weight is 344 g/mol. The van der Waals surface area contributed by atoms with E-state index in [4.69, 9.17) is 4.74 Å². The number of hydrogen-bond acceptors (Lipinski definition) is 6. The van der Waals surface area contributed by atoms with Gasteiger partial charge in [-0.25, -0.2) is 0 Å². The van der Waals surface area contributed by atoms with Gasteiger partial charge in [0.25, 0.3) is 10.1 Å². The first-order valence-electron chi connectivity index (χ1n) is 7.53. The fourth-order valence-electron chi connectivity index (χ4n) is 1.92. The topological polar surface area (TPSA) is 78.9 Å². The Morgan fingerprint density at radius 3 is 2.57 bits per heavy atom. The quantitative estimate of drug-likeness (QED) is 0.348. The normalized spacial score (nSPS) is 11.2. The predicted molar refractivity (Wildman–Crippen MR) is 86.9 cm³/mol. The van der Waals surface area contributed by atoms with E-state index in [-0.39, 0.29) is 12.6 Å². The Hall–Kier alpha value is -1.60. The van der Waals surface area contributed by atoms with Crippen molar-refractivity contribution >= 4 is 16.1 Å². The summed E-state index contributed by atoms with van der Waals surface area (Å²) >= 11 is 0. The number of benzene rings is 1. The van der Waals surface area contributed by atoms with Crippen molar-refractivity contribution in [2.75, 3.05) is 26.6 Å². The fraction of sp³-hybridized carbons (Fsp3) is 0.562. The summed E-state index contributed by atoms with van der Waals surface area (Å²) in [5.74, 6) is 0.535. The van der Waals surface area contributed by atoms with Crippen LogP contribution < -0.4 is 4.74 Å². The van der Waals surface area contributed by atoms with Crippen LogP contribution in [0.5, 0.6) is 5.75 Å². The highest BCUT2D eigenvalue weighted by atomic mass is 32.2. The number of aryl methyl sites for hydroxylation is 1. The van der Waals surface area contributed by atoms with Crippen LogP contribution in [0.25, 0.3) is 0 Å². The number of carbonyl (C=O) groups excluding carboxylic acids is 1. The van der Waals surface area contributed by atoms with E-state index >= 15 is 0 Å². The molecule has 0 unspecified atom stereocenters. The second-order valence-corrected chi connectivity index (χ2v) is 6.80. The van der Waals surface area contributed by atoms with Gasteiger partial charge in [0, 0.05) is 6.42 Å². The smallest absolute Gasteiger partial charge is 0.305 e. The fourth-order valence-corrected chi connectivity index (χ4v) is 2.34. The van der Waals surface area contributed by atoms with Crippen LogP contribution >= 0.6 is 0 Å². The van der Waals surface area contributed by atoms with Gasteiger partial charge in [0.1, 0.15) is 5.75 Å². The molecular formula is C16H24O6S. The van der Waals surface area contributed by atoms with Gasteiger partial charge in [-0.2, -0.15) is 8.42 Å². The third-order valence-electron chi connectivity index (χ3n) is 3.10. The minimum Gasteiger partial charge on any atom is -0.494 e. The van der Waals surface area contributed by atoms with Crippen molar-refractivity contribution in [3.63, 3.8) is 0 Å². The van der Waals surface area contributed by atoms with Crippen molar-refractivity contribution < 1.29 is 26.9 Å². The van der Waals surface area contributed by atoms with Crippen molar-refractivity contribution in [2.24, 2.45) is 0 Å². The lowest BCUT2D eigenvalue weighted by molar-refractivity contribution is -0.140. The molecule has 0 saturated heterocycles. The second-order valence-electron chi connectivity index (χ2n) is 5.16. The van der Waals surface area contributed by atoms with E-state index in [1.807, 2.05) is 24.3 Å². The lowest BCUT2D eigenvalue weighted by Crippen LogP contribution is -2.05. The van der Waals surface area contributed by atoms with Gasteiger partial charge in [-0.3, -0.25) is 8.98 Å². The van der Waals surface area contributed by atoms with Gasteiger partial charge in [-0.1, -0.05) is 12.1 Å². The average Bonchev–Trinajstić information content (AvgIpc) is 2.51. The molecule has 1 aromatic rings. The number of carbonyl (C=O) groups is 1. The Morgan fingerprint density at radius 1 is 1.13 bits per heavy atom. The lowest BCUT2D eigenvalue weighted by Gasteiger charge is -2.08. The van der Waals surface area contributed by atoms with Gasteiger partial charge in [-0.15, -0.1) is 0 Å². The summed E-state index contributed by atoms with van der Waals surface area (Å²) in [6, 6.07) is 7.62. The molecule has 0 heterocycles. The summed E-state index contributed by atoms with van der Waals surface area (Å²) in [5.41, 5.74) is 1.02. The SMILES string of the molecule is COC(=O)CCc1cccc(OCCCCCOS(C)(=O)=O)c1. The molecule has 0 aliphatic carbocycles. The summed E-state index contributed by atoms with van der Waals surface area (Å²) in [4.78, 5) is 11.1. The van der Waals surface area contributed by atoms with E-state index in [2.05, 4.69) is 8.92 Å². The third-order valence-corrected chi connectivity index (χ3v) is 3.69. The number of methoxy groups -OCH3 is 1. The standard InChI is InChI=1S/C16H24O6S/c1-20-16(17)10-9-14-7-6-8-15(13-14)21-11-4-3-5-12-22-23(2,18)19/h6-8,13H,3-5,9-12H2,1-2H3. The van der Waals surface area contributed by atoms with Gasteiger partial charge in [0.2, 0.25) is 0 Å². The maximum Gasteiger partial charge on any atom is 0.305 e. The first kappa shape index (κ1) is 19.4. The molecule has 0 aliphatic rings. The monoisotopic (exact) mass is 344 g/mol. The van der Waals surface area contributed by atoms with Crippen molar-refractivity contribution in [1.82, 2.24) is 0 Å². The molecule has 0 radical (unpaired) electrons. The van der Waals surface area contributed by atoms with Crippen molar-refractivity contribution in [3.8, 4) is 5.75 Å². The molecule has 7 heteroatoms. The van der Waals surface area contributed by atoms with Gasteiger partial charge < -0.3 is 9.47 Å². The zero-order valence-electron chi connectivity index (χ0n) is 13.6. The highest BCUT2D eigenvalue weighted by Gasteiger charge is 2.03. The van der Waals surface area contributed by atoms with Crippen LogP contribution in [0.2, 0.25) is 0 Å². The summed E-state index contributed by atoms with van der Waals surface area (Å²) in [7, 11) is -1.96. The largest absolute Gasteiger partial charge is 0.494 e. The molecule has 0 bridgehead atoms. The molecule has 23 heavy (non-hydrogen) atoms. The molecule has 0 fully saturated rings. The molecule has 0 aliphatic heterocycles. The van der Waals surface area contributed by atoms with E-state index in [1.165, 1.54) is 7.11 Å². The van der Waals surface area contributed by atoms with Crippen LogP contribution in [0.4, 0.5) is 0 Å². The number of hydrogen-bond donors (Lipinski definition) is 0. The van der Waals surface area contributed by atoms with Crippen molar-refractivity contribution in [3.05, 3.63) is 29.8 Å². The zero-order chi connectivity index (χ0) is 17.1. The molecule has 0 N–H and O–H groups in total. The number of unbranched alkanes of at least 4 members (excludes halogenated alkanes) is 2. The maximum atomic E-state index is 11.1. The summed E-state index contributed by atoms with van der Waals surface area (Å²) in [6.45, 7) is 0.765. The highest BCUT2D eigenvalue weighted by Crippen LogP contribution is 2.15. The zero-order valence-corrected chi connectivity index (χ0v) is 14.4. The third kappa shape index (κ3) is 9.91. The Labute approximate surface area is 137 Å².